The molecular weight excluding hydrogens is 912 g/mol. The van der Waals surface area contributed by atoms with Gasteiger partial charge < -0.3 is 19.8 Å². The molecule has 0 aliphatic rings. The van der Waals surface area contributed by atoms with E-state index in [9.17, 15) is 19.4 Å². The van der Waals surface area contributed by atoms with Crippen molar-refractivity contribution in [3.8, 4) is 0 Å². The summed E-state index contributed by atoms with van der Waals surface area (Å²) in [7, 11) is 1.54. The molecule has 3 atom stereocenters. The maximum Gasteiger partial charge on any atom is 0.472 e. The third-order valence-corrected chi connectivity index (χ3v) is 14.7. The normalized spacial score (nSPS) is 14.3. The van der Waals surface area contributed by atoms with E-state index in [-0.39, 0.29) is 19.1 Å². The zero-order valence-electron chi connectivity index (χ0n) is 48.2. The van der Waals surface area contributed by atoms with Gasteiger partial charge in [-0.05, 0) is 77.0 Å². The number of amides is 1. The monoisotopic (exact) mass is 1030 g/mol. The van der Waals surface area contributed by atoms with E-state index in [1.807, 2.05) is 27.2 Å². The van der Waals surface area contributed by atoms with Crippen molar-refractivity contribution < 1.29 is 32.9 Å². The van der Waals surface area contributed by atoms with Crippen molar-refractivity contribution in [2.45, 2.75) is 296 Å². The Morgan fingerprint density at radius 1 is 0.472 bits per heavy atom. The lowest BCUT2D eigenvalue weighted by atomic mass is 10.0. The van der Waals surface area contributed by atoms with Crippen LogP contribution in [-0.4, -0.2) is 73.4 Å². The molecule has 0 saturated carbocycles. The number of nitrogens with zero attached hydrogens (tertiary/aromatic N) is 1. The van der Waals surface area contributed by atoms with Crippen molar-refractivity contribution in [2.24, 2.45) is 0 Å². The molecule has 0 heterocycles. The van der Waals surface area contributed by atoms with E-state index in [0.717, 1.165) is 51.4 Å². The van der Waals surface area contributed by atoms with Crippen LogP contribution in [0.1, 0.15) is 284 Å². The number of hydrogen-bond acceptors (Lipinski definition) is 5. The van der Waals surface area contributed by atoms with E-state index in [4.69, 9.17) is 9.05 Å². The maximum absolute atomic E-state index is 13.0. The van der Waals surface area contributed by atoms with Gasteiger partial charge in [-0.1, -0.05) is 261 Å². The predicted octanol–water partition coefficient (Wildman–Crippen LogP) is 18.9. The van der Waals surface area contributed by atoms with Crippen LogP contribution in [0, 0.1) is 0 Å². The summed E-state index contributed by atoms with van der Waals surface area (Å²) in [5.74, 6) is -0.194. The van der Waals surface area contributed by atoms with E-state index < -0.39 is 20.0 Å². The second-order valence-corrected chi connectivity index (χ2v) is 23.5. The summed E-state index contributed by atoms with van der Waals surface area (Å²) >= 11 is 0. The van der Waals surface area contributed by atoms with Crippen LogP contribution < -0.4 is 5.32 Å². The summed E-state index contributed by atoms with van der Waals surface area (Å²) in [6.45, 7) is 4.81. The highest BCUT2D eigenvalue weighted by atomic mass is 31.2. The van der Waals surface area contributed by atoms with Gasteiger partial charge in [0.25, 0.3) is 0 Å². The first-order chi connectivity index (χ1) is 35.0. The van der Waals surface area contributed by atoms with Crippen molar-refractivity contribution in [3.05, 3.63) is 60.8 Å². The van der Waals surface area contributed by atoms with Crippen LogP contribution in [0.2, 0.25) is 0 Å². The van der Waals surface area contributed by atoms with Gasteiger partial charge >= 0.3 is 7.82 Å². The van der Waals surface area contributed by atoms with Gasteiger partial charge in [-0.15, -0.1) is 0 Å². The van der Waals surface area contributed by atoms with Gasteiger partial charge in [-0.3, -0.25) is 13.8 Å². The van der Waals surface area contributed by atoms with Crippen molar-refractivity contribution in [1.29, 1.82) is 0 Å². The minimum Gasteiger partial charge on any atom is -0.387 e. The fourth-order valence-corrected chi connectivity index (χ4v) is 9.61. The largest absolute Gasteiger partial charge is 0.472 e. The number of likely N-dealkylation sites (N-methyl/N-ethyl adjacent to an activating group) is 1. The fraction of sp³-hybridized carbons (Fsp3) is 0.825. The Bertz CT molecular complexity index is 1360. The second-order valence-electron chi connectivity index (χ2n) is 22.1. The van der Waals surface area contributed by atoms with Crippen LogP contribution in [0.3, 0.4) is 0 Å². The van der Waals surface area contributed by atoms with Crippen LogP contribution in [0.15, 0.2) is 60.8 Å². The van der Waals surface area contributed by atoms with E-state index in [0.29, 0.717) is 17.4 Å². The Morgan fingerprint density at radius 2 is 0.806 bits per heavy atom. The highest BCUT2D eigenvalue weighted by Gasteiger charge is 2.27. The summed E-state index contributed by atoms with van der Waals surface area (Å²) in [4.78, 5) is 23.3. The number of rotatable bonds is 56. The molecule has 0 aliphatic carbocycles. The molecule has 0 saturated heterocycles. The number of nitrogens with one attached hydrogen (secondary N) is 1. The maximum atomic E-state index is 13.0. The number of quaternary nitrogens is 1. The van der Waals surface area contributed by atoms with Crippen LogP contribution in [0.4, 0.5) is 0 Å². The smallest absolute Gasteiger partial charge is 0.387 e. The molecule has 8 nitrogen and oxygen atoms in total. The number of hydrogen-bond donors (Lipinski definition) is 3. The number of phosphoric ester groups is 1. The zero-order valence-corrected chi connectivity index (χ0v) is 49.1. The van der Waals surface area contributed by atoms with Gasteiger partial charge in [0.2, 0.25) is 5.91 Å². The quantitative estimate of drug-likeness (QED) is 0.0243. The van der Waals surface area contributed by atoms with Crippen LogP contribution in [-0.2, 0) is 18.4 Å². The highest BCUT2D eigenvalue weighted by molar-refractivity contribution is 7.47. The number of aliphatic hydroxyl groups is 1. The van der Waals surface area contributed by atoms with Crippen LogP contribution in [0.5, 0.6) is 0 Å². The van der Waals surface area contributed by atoms with Gasteiger partial charge in [-0.2, -0.15) is 0 Å². The molecule has 0 radical (unpaired) electrons. The minimum atomic E-state index is -4.36. The van der Waals surface area contributed by atoms with E-state index in [1.54, 1.807) is 6.08 Å². The Morgan fingerprint density at radius 3 is 1.19 bits per heavy atom. The molecular formula is C63H120N2O6P+. The Hall–Kier alpha value is -1.80. The zero-order chi connectivity index (χ0) is 52.7. The lowest BCUT2D eigenvalue weighted by Crippen LogP contribution is -2.45. The molecule has 72 heavy (non-hydrogen) atoms. The fourth-order valence-electron chi connectivity index (χ4n) is 8.87. The summed E-state index contributed by atoms with van der Waals surface area (Å²) in [6, 6.07) is -0.875. The predicted molar refractivity (Wildman–Crippen MR) is 314 cm³/mol. The topological polar surface area (TPSA) is 105 Å². The summed E-state index contributed by atoms with van der Waals surface area (Å²) in [5.41, 5.74) is 0. The molecule has 0 fully saturated rings. The number of carbonyl (C=O) groups excluding carboxylic acids is 1. The molecule has 0 aromatic carbocycles. The van der Waals surface area contributed by atoms with E-state index in [2.05, 4.69) is 67.8 Å². The number of allylic oxidation sites excluding steroid dienone is 9. The van der Waals surface area contributed by atoms with Crippen LogP contribution in [0.25, 0.3) is 0 Å². The number of aliphatic hydroxyl groups excluding tert-OH is 1. The molecule has 0 spiro atoms. The third kappa shape index (κ3) is 55.9. The lowest BCUT2D eigenvalue weighted by Gasteiger charge is -2.25. The number of carbonyl (C=O) groups is 1. The molecule has 0 aromatic heterocycles. The van der Waals surface area contributed by atoms with Crippen molar-refractivity contribution in [2.75, 3.05) is 40.9 Å². The van der Waals surface area contributed by atoms with Crippen molar-refractivity contribution in [1.82, 2.24) is 5.32 Å². The number of unbranched alkanes of at least 4 members (excludes halogenated alkanes) is 35. The first kappa shape index (κ1) is 70.2. The molecule has 0 bridgehead atoms. The third-order valence-electron chi connectivity index (χ3n) is 13.7. The van der Waals surface area contributed by atoms with Crippen LogP contribution >= 0.6 is 7.82 Å². The van der Waals surface area contributed by atoms with E-state index in [1.165, 1.54) is 212 Å². The molecule has 0 rings (SSSR count). The van der Waals surface area contributed by atoms with Gasteiger partial charge in [0, 0.05) is 6.42 Å². The minimum absolute atomic E-state index is 0.0511. The molecule has 1 amide bonds. The first-order valence-electron chi connectivity index (χ1n) is 30.7. The second kappa shape index (κ2) is 54.0. The summed E-state index contributed by atoms with van der Waals surface area (Å²) in [5, 5.41) is 13.9. The molecule has 3 N–H and O–H groups in total. The first-order valence-corrected chi connectivity index (χ1v) is 32.2. The molecule has 0 aromatic rings. The van der Waals surface area contributed by atoms with Gasteiger partial charge in [0.15, 0.2) is 0 Å². The Balaban J connectivity index is 4.26. The summed E-state index contributed by atoms with van der Waals surface area (Å²) < 4.78 is 23.7. The molecule has 3 unspecified atom stereocenters. The lowest BCUT2D eigenvalue weighted by molar-refractivity contribution is -0.870. The average Bonchev–Trinajstić information content (AvgIpc) is 3.34. The number of phosphoric acid groups is 1. The van der Waals surface area contributed by atoms with Gasteiger partial charge in [0.05, 0.1) is 39.9 Å². The van der Waals surface area contributed by atoms with Gasteiger partial charge in [-0.25, -0.2) is 4.57 Å². The SMILES string of the molecule is CCCCCCCCCCC/C=C\C/C=C\CCCCCCCCCCCC(=O)NC(COP(=O)(O)OCC[N+](C)(C)C)C(O)/C=C/CC/C=C/CC/C=C/CCCCCCCCCCCCCCCCC. The van der Waals surface area contributed by atoms with Gasteiger partial charge in [0.1, 0.15) is 13.2 Å². The molecule has 422 valence electrons. The molecule has 0 aliphatic heterocycles. The van der Waals surface area contributed by atoms with E-state index >= 15 is 0 Å². The Labute approximate surface area is 447 Å². The average molecular weight is 1030 g/mol. The highest BCUT2D eigenvalue weighted by Crippen LogP contribution is 2.43. The Kier molecular flexibility index (Phi) is 52.7. The summed E-state index contributed by atoms with van der Waals surface area (Å²) in [6.07, 6.45) is 73.4. The van der Waals surface area contributed by atoms with Crippen molar-refractivity contribution >= 4 is 13.7 Å². The van der Waals surface area contributed by atoms with Crippen molar-refractivity contribution in [3.63, 3.8) is 0 Å². The standard InChI is InChI=1S/C63H119N2O6P/c1-6-8-10-12-14-16-18-20-22-24-26-28-30-32-34-36-38-40-42-44-46-48-50-52-54-56-62(66)61(60-71-72(68,69)70-59-58-65(3,4)5)64-63(67)57-55-53-51-49-47-45-43-41-39-37-35-33-31-29-27-25-23-21-19-17-15-13-11-9-7-2/h27,29,33,35,38,40,46,48,54,56,61-62,66H,6-26,28,30-32,34,36-37,39,41-45,47,49-53,55,57-60H2,1-5H3,(H-,64,67,68,69)/p+1/b29-27-,35-33-,40-38+,48-46+,56-54+. The molecule has 9 heteroatoms.